The van der Waals surface area contributed by atoms with E-state index in [4.69, 9.17) is 9.84 Å². The summed E-state index contributed by atoms with van der Waals surface area (Å²) >= 11 is 0. The lowest BCUT2D eigenvalue weighted by Crippen LogP contribution is -2.29. The van der Waals surface area contributed by atoms with Crippen molar-refractivity contribution in [1.82, 2.24) is 10.2 Å². The lowest BCUT2D eigenvalue weighted by molar-refractivity contribution is -0.135. The number of fused-ring (bicyclic) bond motifs is 3. The van der Waals surface area contributed by atoms with Crippen LogP contribution in [0.5, 0.6) is 5.75 Å². The fourth-order valence-corrected chi connectivity index (χ4v) is 3.55. The Morgan fingerprint density at radius 2 is 1.93 bits per heavy atom. The molecule has 0 saturated carbocycles. The molecule has 2 aromatic carbocycles. The molecule has 29 heavy (non-hydrogen) atoms. The van der Waals surface area contributed by atoms with Gasteiger partial charge in [0.05, 0.1) is 6.61 Å². The normalized spacial score (nSPS) is 15.5. The highest BCUT2D eigenvalue weighted by atomic mass is 16.5. The molecule has 0 unspecified atom stereocenters. The highest BCUT2D eigenvalue weighted by Gasteiger charge is 2.13. The highest BCUT2D eigenvalue weighted by molar-refractivity contribution is 5.96. The molecule has 0 fully saturated rings. The summed E-state index contributed by atoms with van der Waals surface area (Å²) in [5, 5.41) is 11.2. The van der Waals surface area contributed by atoms with Gasteiger partial charge in [0.25, 0.3) is 5.91 Å². The monoisotopic (exact) mass is 396 g/mol. The summed E-state index contributed by atoms with van der Waals surface area (Å²) in [6, 6.07) is 13.8. The van der Waals surface area contributed by atoms with E-state index in [0.717, 1.165) is 49.2 Å². The summed E-state index contributed by atoms with van der Waals surface area (Å²) in [7, 11) is 2.15. The molecular weight excluding hydrogens is 368 g/mol. The minimum atomic E-state index is -1.07. The largest absolute Gasteiger partial charge is 0.493 e. The summed E-state index contributed by atoms with van der Waals surface area (Å²) in [5.74, 6) is -0.689. The zero-order valence-corrected chi connectivity index (χ0v) is 16.8. The average Bonchev–Trinajstić information content (AvgIpc) is 2.69. The molecule has 0 saturated heterocycles. The standard InChI is InChI=1S/C23H28N2O4/c1-25-10-3-2-4-11-29-21-9-8-19(23(28)24-15-22(26)27)14-20(21)13-17-6-5-7-18(12-17)16-25/h5-9,12,14H,2-4,10-11,13,15-16H2,1H3,(H,24,28)(H,26,27). The second-order valence-electron chi connectivity index (χ2n) is 7.54. The first kappa shape index (κ1) is 20.9. The molecule has 1 heterocycles. The van der Waals surface area contributed by atoms with Crippen LogP contribution in [0, 0.1) is 0 Å². The van der Waals surface area contributed by atoms with E-state index in [0.29, 0.717) is 18.6 Å². The number of nitrogens with zero attached hydrogens (tertiary/aromatic N) is 1. The quantitative estimate of drug-likeness (QED) is 0.834. The fraction of sp³-hybridized carbons (Fsp3) is 0.391. The number of aliphatic carboxylic acids is 1. The second kappa shape index (κ2) is 10.1. The maximum absolute atomic E-state index is 12.3. The Balaban J connectivity index is 1.87. The van der Waals surface area contributed by atoms with Gasteiger partial charge < -0.3 is 20.1 Å². The first-order valence-corrected chi connectivity index (χ1v) is 10.0. The second-order valence-corrected chi connectivity index (χ2v) is 7.54. The van der Waals surface area contributed by atoms with Gasteiger partial charge in [-0.25, -0.2) is 0 Å². The van der Waals surface area contributed by atoms with Crippen LogP contribution in [0.4, 0.5) is 0 Å². The van der Waals surface area contributed by atoms with Gasteiger partial charge in [-0.05, 0) is 67.7 Å². The molecule has 0 aliphatic carbocycles. The number of hydrogen-bond donors (Lipinski definition) is 2. The third-order valence-electron chi connectivity index (χ3n) is 5.00. The van der Waals surface area contributed by atoms with Crippen molar-refractivity contribution < 1.29 is 19.4 Å². The zero-order chi connectivity index (χ0) is 20.6. The first-order valence-electron chi connectivity index (χ1n) is 10.0. The molecule has 1 aliphatic heterocycles. The van der Waals surface area contributed by atoms with Crippen LogP contribution in [0.2, 0.25) is 0 Å². The Morgan fingerprint density at radius 1 is 1.10 bits per heavy atom. The van der Waals surface area contributed by atoms with Crippen LogP contribution in [-0.4, -0.2) is 48.6 Å². The molecule has 2 aromatic rings. The Kier molecular flexibility index (Phi) is 7.25. The Bertz CT molecular complexity index is 866. The number of rotatable bonds is 3. The number of ether oxygens (including phenoxy) is 1. The van der Waals surface area contributed by atoms with Gasteiger partial charge in [0.1, 0.15) is 12.3 Å². The van der Waals surface area contributed by atoms with E-state index in [1.54, 1.807) is 12.1 Å². The summed E-state index contributed by atoms with van der Waals surface area (Å²) in [5.41, 5.74) is 3.78. The van der Waals surface area contributed by atoms with Gasteiger partial charge in [-0.2, -0.15) is 0 Å². The number of nitrogens with one attached hydrogen (secondary N) is 1. The molecule has 0 atom stereocenters. The molecule has 1 amide bonds. The zero-order valence-electron chi connectivity index (χ0n) is 16.8. The van der Waals surface area contributed by atoms with Crippen molar-refractivity contribution >= 4 is 11.9 Å². The number of hydrogen-bond acceptors (Lipinski definition) is 4. The topological polar surface area (TPSA) is 78.9 Å². The van der Waals surface area contributed by atoms with Gasteiger partial charge in [-0.15, -0.1) is 0 Å². The van der Waals surface area contributed by atoms with Gasteiger partial charge in [0, 0.05) is 18.5 Å². The van der Waals surface area contributed by atoms with E-state index in [9.17, 15) is 9.59 Å². The van der Waals surface area contributed by atoms with E-state index >= 15 is 0 Å². The molecule has 1 aliphatic rings. The van der Waals surface area contributed by atoms with Crippen molar-refractivity contribution in [2.75, 3.05) is 26.7 Å². The summed E-state index contributed by atoms with van der Waals surface area (Å²) in [6.45, 7) is 2.22. The maximum Gasteiger partial charge on any atom is 0.322 e. The van der Waals surface area contributed by atoms with E-state index in [2.05, 4.69) is 41.5 Å². The van der Waals surface area contributed by atoms with E-state index in [1.807, 2.05) is 6.07 Å². The van der Waals surface area contributed by atoms with Crippen LogP contribution >= 0.6 is 0 Å². The number of carbonyl (C=O) groups is 2. The van der Waals surface area contributed by atoms with Gasteiger partial charge in [0.2, 0.25) is 0 Å². The predicted molar refractivity (Wildman–Crippen MR) is 111 cm³/mol. The van der Waals surface area contributed by atoms with Gasteiger partial charge in [-0.3, -0.25) is 9.59 Å². The van der Waals surface area contributed by atoms with Crippen LogP contribution < -0.4 is 10.1 Å². The van der Waals surface area contributed by atoms with E-state index in [-0.39, 0.29) is 0 Å². The van der Waals surface area contributed by atoms with Gasteiger partial charge in [0.15, 0.2) is 0 Å². The smallest absolute Gasteiger partial charge is 0.322 e. The molecule has 3 rings (SSSR count). The summed E-state index contributed by atoms with van der Waals surface area (Å²) in [6.07, 6.45) is 3.87. The molecular formula is C23H28N2O4. The average molecular weight is 396 g/mol. The minimum Gasteiger partial charge on any atom is -0.493 e. The number of amides is 1. The lowest BCUT2D eigenvalue weighted by atomic mass is 9.99. The fourth-order valence-electron chi connectivity index (χ4n) is 3.55. The van der Waals surface area contributed by atoms with Crippen molar-refractivity contribution in [3.8, 4) is 5.75 Å². The van der Waals surface area contributed by atoms with Crippen LogP contribution in [-0.2, 0) is 17.8 Å². The maximum atomic E-state index is 12.3. The molecule has 0 radical (unpaired) electrons. The molecule has 0 spiro atoms. The molecule has 2 bridgehead atoms. The van der Waals surface area contributed by atoms with Gasteiger partial charge >= 0.3 is 5.97 Å². The van der Waals surface area contributed by atoms with Crippen molar-refractivity contribution in [1.29, 1.82) is 0 Å². The first-order chi connectivity index (χ1) is 14.0. The Morgan fingerprint density at radius 3 is 2.76 bits per heavy atom. The number of carboxylic acid groups (broad SMARTS) is 1. The van der Waals surface area contributed by atoms with Crippen LogP contribution in [0.3, 0.4) is 0 Å². The summed E-state index contributed by atoms with van der Waals surface area (Å²) < 4.78 is 6.02. The Labute approximate surface area is 171 Å². The molecule has 0 aromatic heterocycles. The molecule has 6 heteroatoms. The highest BCUT2D eigenvalue weighted by Crippen LogP contribution is 2.25. The molecule has 2 N–H and O–H groups in total. The van der Waals surface area contributed by atoms with E-state index < -0.39 is 18.4 Å². The molecule has 154 valence electrons. The van der Waals surface area contributed by atoms with Crippen LogP contribution in [0.15, 0.2) is 42.5 Å². The number of carbonyl (C=O) groups excluding carboxylic acids is 1. The van der Waals surface area contributed by atoms with Crippen LogP contribution in [0.1, 0.15) is 46.3 Å². The van der Waals surface area contributed by atoms with Crippen molar-refractivity contribution in [3.05, 3.63) is 64.7 Å². The third-order valence-corrected chi connectivity index (χ3v) is 5.00. The minimum absolute atomic E-state index is 0.398. The van der Waals surface area contributed by atoms with Crippen molar-refractivity contribution in [3.63, 3.8) is 0 Å². The number of carboxylic acids is 1. The summed E-state index contributed by atoms with van der Waals surface area (Å²) in [4.78, 5) is 25.3. The van der Waals surface area contributed by atoms with Crippen molar-refractivity contribution in [2.24, 2.45) is 0 Å². The SMILES string of the molecule is CN1CCCCCOc2ccc(C(=O)NCC(=O)O)cc2Cc2cccc(c2)C1. The third kappa shape index (κ3) is 6.32. The predicted octanol–water partition coefficient (Wildman–Crippen LogP) is 3.09. The van der Waals surface area contributed by atoms with Crippen molar-refractivity contribution in [2.45, 2.75) is 32.2 Å². The van der Waals surface area contributed by atoms with Crippen LogP contribution in [0.25, 0.3) is 0 Å². The lowest BCUT2D eigenvalue weighted by Gasteiger charge is -2.19. The Hall–Kier alpha value is -2.86. The molecule has 6 nitrogen and oxygen atoms in total. The number of benzene rings is 2. The van der Waals surface area contributed by atoms with E-state index in [1.165, 1.54) is 5.56 Å². The van der Waals surface area contributed by atoms with Gasteiger partial charge in [-0.1, -0.05) is 24.3 Å².